The first-order chi connectivity index (χ1) is 14.0. The van der Waals surface area contributed by atoms with Gasteiger partial charge >= 0.3 is 11.7 Å². The summed E-state index contributed by atoms with van der Waals surface area (Å²) in [5, 5.41) is 9.49. The lowest BCUT2D eigenvalue weighted by atomic mass is 10.1. The van der Waals surface area contributed by atoms with Crippen LogP contribution in [0.1, 0.15) is 24.4 Å². The van der Waals surface area contributed by atoms with Crippen LogP contribution in [0, 0.1) is 0 Å². The van der Waals surface area contributed by atoms with Crippen molar-refractivity contribution in [3.8, 4) is 5.69 Å². The van der Waals surface area contributed by atoms with Crippen molar-refractivity contribution in [2.45, 2.75) is 31.3 Å². The highest BCUT2D eigenvalue weighted by atomic mass is 35.5. The average Bonchev–Trinajstić information content (AvgIpc) is 3.02. The van der Waals surface area contributed by atoms with E-state index in [1.165, 1.54) is 0 Å². The Morgan fingerprint density at radius 2 is 1.90 bits per heavy atom. The number of nitrogens with two attached hydrogens (primary N) is 1. The molecular formula is C21H22ClN3O4. The SMILES string of the molecule is NC(Cc1ccc(-n2c(=O)n(C3CCOCC3)c3cccc(Cl)c32)cc1)C(=O)O. The highest BCUT2D eigenvalue weighted by Gasteiger charge is 2.24. The van der Waals surface area contributed by atoms with Gasteiger partial charge in [-0.2, -0.15) is 0 Å². The number of carboxylic acids is 1. The van der Waals surface area contributed by atoms with Gasteiger partial charge in [-0.05, 0) is 49.1 Å². The fraction of sp³-hybridized carbons (Fsp3) is 0.333. The number of fused-ring (bicyclic) bond motifs is 1. The van der Waals surface area contributed by atoms with Crippen molar-refractivity contribution >= 4 is 28.6 Å². The van der Waals surface area contributed by atoms with Crippen LogP contribution in [0.3, 0.4) is 0 Å². The van der Waals surface area contributed by atoms with Gasteiger partial charge in [-0.1, -0.05) is 29.8 Å². The zero-order valence-electron chi connectivity index (χ0n) is 15.8. The number of hydrogen-bond acceptors (Lipinski definition) is 4. The summed E-state index contributed by atoms with van der Waals surface area (Å²) >= 11 is 6.49. The molecule has 0 bridgehead atoms. The molecule has 0 saturated carbocycles. The van der Waals surface area contributed by atoms with E-state index in [1.807, 2.05) is 16.7 Å². The third-order valence-electron chi connectivity index (χ3n) is 5.37. The van der Waals surface area contributed by atoms with Crippen LogP contribution in [-0.2, 0) is 16.0 Å². The van der Waals surface area contributed by atoms with Crippen LogP contribution in [0.25, 0.3) is 16.7 Å². The average molecular weight is 416 g/mol. The van der Waals surface area contributed by atoms with Gasteiger partial charge in [0, 0.05) is 19.3 Å². The van der Waals surface area contributed by atoms with Crippen molar-refractivity contribution in [2.24, 2.45) is 5.73 Å². The molecule has 8 heteroatoms. The molecule has 3 aromatic rings. The molecule has 2 heterocycles. The summed E-state index contributed by atoms with van der Waals surface area (Å²) in [7, 11) is 0. The fourth-order valence-corrected chi connectivity index (χ4v) is 4.14. The first kappa shape index (κ1) is 19.7. The number of para-hydroxylation sites is 1. The molecule has 1 fully saturated rings. The van der Waals surface area contributed by atoms with Crippen molar-refractivity contribution in [3.05, 3.63) is 63.5 Å². The Hall–Kier alpha value is -2.61. The summed E-state index contributed by atoms with van der Waals surface area (Å²) in [6.07, 6.45) is 1.77. The zero-order valence-corrected chi connectivity index (χ0v) is 16.5. The van der Waals surface area contributed by atoms with E-state index < -0.39 is 12.0 Å². The van der Waals surface area contributed by atoms with Gasteiger partial charge < -0.3 is 15.6 Å². The highest BCUT2D eigenvalue weighted by Crippen LogP contribution is 2.30. The lowest BCUT2D eigenvalue weighted by molar-refractivity contribution is -0.138. The molecule has 0 spiro atoms. The summed E-state index contributed by atoms with van der Waals surface area (Å²) < 4.78 is 8.89. The number of hydrogen-bond donors (Lipinski definition) is 2. The third-order valence-corrected chi connectivity index (χ3v) is 5.67. The lowest BCUT2D eigenvalue weighted by Crippen LogP contribution is -2.32. The summed E-state index contributed by atoms with van der Waals surface area (Å²) in [6, 6.07) is 11.8. The van der Waals surface area contributed by atoms with E-state index in [4.69, 9.17) is 27.2 Å². The van der Waals surface area contributed by atoms with Crippen LogP contribution in [0.5, 0.6) is 0 Å². The van der Waals surface area contributed by atoms with Crippen molar-refractivity contribution in [1.29, 1.82) is 0 Å². The maximum absolute atomic E-state index is 13.4. The molecule has 3 N–H and O–H groups in total. The van der Waals surface area contributed by atoms with E-state index >= 15 is 0 Å². The Morgan fingerprint density at radius 1 is 1.21 bits per heavy atom. The Kier molecular flexibility index (Phi) is 5.45. The predicted octanol–water partition coefficient (Wildman–Crippen LogP) is 2.75. The van der Waals surface area contributed by atoms with Crippen molar-refractivity contribution in [1.82, 2.24) is 9.13 Å². The van der Waals surface area contributed by atoms with Crippen LogP contribution in [0.15, 0.2) is 47.3 Å². The minimum atomic E-state index is -1.04. The maximum Gasteiger partial charge on any atom is 0.334 e. The molecule has 29 heavy (non-hydrogen) atoms. The van der Waals surface area contributed by atoms with Gasteiger partial charge in [0.05, 0.1) is 21.7 Å². The van der Waals surface area contributed by atoms with Gasteiger partial charge in [-0.3, -0.25) is 13.9 Å². The molecule has 152 valence electrons. The van der Waals surface area contributed by atoms with E-state index in [1.54, 1.807) is 34.9 Å². The molecule has 1 unspecified atom stereocenters. The minimum Gasteiger partial charge on any atom is -0.480 e. The van der Waals surface area contributed by atoms with Crippen molar-refractivity contribution < 1.29 is 14.6 Å². The number of nitrogens with zero attached hydrogens (tertiary/aromatic N) is 2. The number of aromatic nitrogens is 2. The second-order valence-corrected chi connectivity index (χ2v) is 7.66. The van der Waals surface area contributed by atoms with Crippen LogP contribution in [-0.4, -0.2) is 39.5 Å². The van der Waals surface area contributed by atoms with E-state index in [2.05, 4.69) is 0 Å². The Balaban J connectivity index is 1.80. The number of carboxylic acid groups (broad SMARTS) is 1. The molecule has 1 atom stereocenters. The van der Waals surface area contributed by atoms with E-state index in [0.29, 0.717) is 29.4 Å². The standard InChI is InChI=1S/C21H22ClN3O4/c22-16-2-1-3-18-19(16)25(21(28)24(18)15-8-10-29-11-9-15)14-6-4-13(5-7-14)12-17(23)20(26)27/h1-7,15,17H,8-12,23H2,(H,26,27). The number of halogens is 1. The van der Waals surface area contributed by atoms with Crippen molar-refractivity contribution in [3.63, 3.8) is 0 Å². The first-order valence-electron chi connectivity index (χ1n) is 9.54. The van der Waals surface area contributed by atoms with Gasteiger partial charge in [-0.15, -0.1) is 0 Å². The quantitative estimate of drug-likeness (QED) is 0.667. The number of rotatable bonds is 5. The highest BCUT2D eigenvalue weighted by molar-refractivity contribution is 6.35. The maximum atomic E-state index is 13.4. The monoisotopic (exact) mass is 415 g/mol. The van der Waals surface area contributed by atoms with E-state index in [0.717, 1.165) is 23.9 Å². The molecule has 2 aromatic carbocycles. The summed E-state index contributed by atoms with van der Waals surface area (Å²) in [6.45, 7) is 1.26. The van der Waals surface area contributed by atoms with Crippen LogP contribution >= 0.6 is 11.6 Å². The number of benzene rings is 2. The van der Waals surface area contributed by atoms with E-state index in [9.17, 15) is 9.59 Å². The molecular weight excluding hydrogens is 394 g/mol. The summed E-state index contributed by atoms with van der Waals surface area (Å²) in [4.78, 5) is 24.4. The Bertz CT molecular complexity index is 1100. The van der Waals surface area contributed by atoms with Gasteiger partial charge in [-0.25, -0.2) is 4.79 Å². The number of imidazole rings is 1. The van der Waals surface area contributed by atoms with Crippen LogP contribution in [0.4, 0.5) is 0 Å². The minimum absolute atomic E-state index is 0.0614. The normalized spacial score (nSPS) is 16.2. The second kappa shape index (κ2) is 8.02. The predicted molar refractivity (Wildman–Crippen MR) is 111 cm³/mol. The molecule has 7 nitrogen and oxygen atoms in total. The summed E-state index contributed by atoms with van der Waals surface area (Å²) in [5.41, 5.74) is 8.40. The number of aliphatic carboxylic acids is 1. The molecule has 1 saturated heterocycles. The molecule has 1 aliphatic rings. The topological polar surface area (TPSA) is 99.5 Å². The Labute approximate surface area is 172 Å². The van der Waals surface area contributed by atoms with Gasteiger partial charge in [0.25, 0.3) is 0 Å². The molecule has 0 amide bonds. The smallest absolute Gasteiger partial charge is 0.334 e. The van der Waals surface area contributed by atoms with Crippen LogP contribution < -0.4 is 11.4 Å². The third kappa shape index (κ3) is 3.69. The Morgan fingerprint density at radius 3 is 2.55 bits per heavy atom. The molecule has 0 radical (unpaired) electrons. The lowest BCUT2D eigenvalue weighted by Gasteiger charge is -2.23. The van der Waals surface area contributed by atoms with Crippen LogP contribution in [0.2, 0.25) is 5.02 Å². The molecule has 4 rings (SSSR count). The van der Waals surface area contributed by atoms with Crippen molar-refractivity contribution in [2.75, 3.05) is 13.2 Å². The van der Waals surface area contributed by atoms with E-state index in [-0.39, 0.29) is 18.2 Å². The van der Waals surface area contributed by atoms with Gasteiger partial charge in [0.1, 0.15) is 6.04 Å². The molecule has 1 aliphatic heterocycles. The molecule has 0 aliphatic carbocycles. The molecule has 1 aromatic heterocycles. The zero-order chi connectivity index (χ0) is 20.5. The van der Waals surface area contributed by atoms with Gasteiger partial charge in [0.2, 0.25) is 0 Å². The number of ether oxygens (including phenoxy) is 1. The largest absolute Gasteiger partial charge is 0.480 e. The summed E-state index contributed by atoms with van der Waals surface area (Å²) in [5.74, 6) is -1.04. The first-order valence-corrected chi connectivity index (χ1v) is 9.92. The number of carbonyl (C=O) groups is 1. The fourth-order valence-electron chi connectivity index (χ4n) is 3.88. The van der Waals surface area contributed by atoms with Gasteiger partial charge in [0.15, 0.2) is 0 Å². The second-order valence-electron chi connectivity index (χ2n) is 7.25.